The summed E-state index contributed by atoms with van der Waals surface area (Å²) < 4.78 is 0. The smallest absolute Gasteiger partial charge is 0.0633 e. The minimum Gasteiger partial charge on any atom is -0.392 e. The van der Waals surface area contributed by atoms with Crippen LogP contribution in [0.5, 0.6) is 0 Å². The number of rotatable bonds is 2. The zero-order valence-electron chi connectivity index (χ0n) is 8.66. The van der Waals surface area contributed by atoms with Gasteiger partial charge in [-0.3, -0.25) is 0 Å². The Kier molecular flexibility index (Phi) is 3.32. The van der Waals surface area contributed by atoms with E-state index in [0.29, 0.717) is 11.8 Å². The fourth-order valence-electron chi connectivity index (χ4n) is 2.30. The fourth-order valence-corrected chi connectivity index (χ4v) is 2.30. The molecule has 4 unspecified atom stereocenters. The van der Waals surface area contributed by atoms with Crippen LogP contribution >= 0.6 is 0 Å². The van der Waals surface area contributed by atoms with Crippen molar-refractivity contribution in [1.82, 2.24) is 0 Å². The Morgan fingerprint density at radius 3 is 2.54 bits per heavy atom. The predicted molar refractivity (Wildman–Crippen MR) is 56.4 cm³/mol. The third-order valence-corrected chi connectivity index (χ3v) is 3.28. The Balaban J connectivity index is 2.77. The second-order valence-corrected chi connectivity index (χ2v) is 4.31. The first-order valence-electron chi connectivity index (χ1n) is 5.04. The Labute approximate surface area is 81.2 Å². The minimum absolute atomic E-state index is 0.209. The van der Waals surface area contributed by atoms with E-state index in [4.69, 9.17) is 0 Å². The number of aliphatic hydroxyl groups is 1. The van der Waals surface area contributed by atoms with E-state index < -0.39 is 0 Å². The molecule has 0 heterocycles. The Morgan fingerprint density at radius 1 is 1.46 bits per heavy atom. The molecule has 0 saturated heterocycles. The maximum absolute atomic E-state index is 9.94. The van der Waals surface area contributed by atoms with Crippen LogP contribution in [0, 0.1) is 17.8 Å². The number of hydrogen-bond acceptors (Lipinski definition) is 1. The van der Waals surface area contributed by atoms with Gasteiger partial charge < -0.3 is 5.11 Å². The second kappa shape index (κ2) is 4.10. The monoisotopic (exact) mass is 180 g/mol. The summed E-state index contributed by atoms with van der Waals surface area (Å²) >= 11 is 0. The van der Waals surface area contributed by atoms with E-state index in [1.807, 2.05) is 13.0 Å². The molecule has 1 saturated carbocycles. The van der Waals surface area contributed by atoms with Gasteiger partial charge >= 0.3 is 0 Å². The first-order valence-corrected chi connectivity index (χ1v) is 5.04. The van der Waals surface area contributed by atoms with Crippen molar-refractivity contribution in [3.05, 3.63) is 24.8 Å². The molecule has 1 aliphatic rings. The van der Waals surface area contributed by atoms with E-state index in [1.165, 1.54) is 5.57 Å². The molecule has 1 nitrogen and oxygen atoms in total. The summed E-state index contributed by atoms with van der Waals surface area (Å²) in [5, 5.41) is 9.94. The summed E-state index contributed by atoms with van der Waals surface area (Å²) in [6.07, 6.45) is 3.90. The molecule has 1 rings (SSSR count). The van der Waals surface area contributed by atoms with Gasteiger partial charge in [0.25, 0.3) is 0 Å². The van der Waals surface area contributed by atoms with Gasteiger partial charge in [0.2, 0.25) is 0 Å². The molecule has 0 bridgehead atoms. The number of aliphatic hydroxyl groups excluding tert-OH is 1. The lowest BCUT2D eigenvalue weighted by molar-refractivity contribution is 0.0238. The topological polar surface area (TPSA) is 20.2 Å². The zero-order chi connectivity index (χ0) is 10.0. The third-order valence-electron chi connectivity index (χ3n) is 3.28. The van der Waals surface area contributed by atoms with Gasteiger partial charge in [-0.2, -0.15) is 0 Å². The second-order valence-electron chi connectivity index (χ2n) is 4.31. The molecular formula is C12H20O. The van der Waals surface area contributed by atoms with Gasteiger partial charge in [-0.05, 0) is 31.6 Å². The van der Waals surface area contributed by atoms with Crippen molar-refractivity contribution in [2.45, 2.75) is 32.8 Å². The van der Waals surface area contributed by atoms with E-state index >= 15 is 0 Å². The lowest BCUT2D eigenvalue weighted by Gasteiger charge is -2.38. The lowest BCUT2D eigenvalue weighted by atomic mass is 9.70. The van der Waals surface area contributed by atoms with Crippen molar-refractivity contribution in [2.24, 2.45) is 17.8 Å². The third kappa shape index (κ3) is 2.02. The quantitative estimate of drug-likeness (QED) is 0.648. The van der Waals surface area contributed by atoms with E-state index in [-0.39, 0.29) is 12.0 Å². The average Bonchev–Trinajstić information content (AvgIpc) is 2.09. The van der Waals surface area contributed by atoms with Crippen LogP contribution in [0.2, 0.25) is 0 Å². The van der Waals surface area contributed by atoms with Crippen LogP contribution in [0.4, 0.5) is 0 Å². The summed E-state index contributed by atoms with van der Waals surface area (Å²) in [5.74, 6) is 1.04. The summed E-state index contributed by atoms with van der Waals surface area (Å²) in [5.41, 5.74) is 1.18. The van der Waals surface area contributed by atoms with Gasteiger partial charge in [-0.15, -0.1) is 6.58 Å². The molecule has 1 aliphatic carbocycles. The van der Waals surface area contributed by atoms with Crippen molar-refractivity contribution in [1.29, 1.82) is 0 Å². The summed E-state index contributed by atoms with van der Waals surface area (Å²) in [6, 6.07) is 0. The highest BCUT2D eigenvalue weighted by Gasteiger charge is 2.34. The van der Waals surface area contributed by atoms with Crippen molar-refractivity contribution >= 4 is 0 Å². The summed E-state index contributed by atoms with van der Waals surface area (Å²) in [6.45, 7) is 11.9. The first-order chi connectivity index (χ1) is 6.07. The zero-order valence-corrected chi connectivity index (χ0v) is 8.66. The molecule has 0 aliphatic heterocycles. The van der Waals surface area contributed by atoms with Crippen LogP contribution in [-0.2, 0) is 0 Å². The van der Waals surface area contributed by atoms with Crippen LogP contribution in [-0.4, -0.2) is 11.2 Å². The molecule has 0 aromatic rings. The molecule has 74 valence electrons. The van der Waals surface area contributed by atoms with Crippen molar-refractivity contribution < 1.29 is 5.11 Å². The standard InChI is InChI=1S/C12H20O/c1-5-10-11(8(2)3)7-6-9(4)12(10)13/h5,9-13H,1-2,6-7H2,3-4H3. The maximum atomic E-state index is 9.94. The molecule has 0 spiro atoms. The van der Waals surface area contributed by atoms with Crippen molar-refractivity contribution in [3.8, 4) is 0 Å². The maximum Gasteiger partial charge on any atom is 0.0633 e. The number of hydrogen-bond donors (Lipinski definition) is 1. The Bertz CT molecular complexity index is 207. The molecule has 0 aromatic carbocycles. The lowest BCUT2D eigenvalue weighted by Crippen LogP contribution is -2.37. The van der Waals surface area contributed by atoms with Crippen LogP contribution in [0.1, 0.15) is 26.7 Å². The van der Waals surface area contributed by atoms with Crippen molar-refractivity contribution in [2.75, 3.05) is 0 Å². The van der Waals surface area contributed by atoms with E-state index in [9.17, 15) is 5.11 Å². The van der Waals surface area contributed by atoms with Crippen molar-refractivity contribution in [3.63, 3.8) is 0 Å². The van der Waals surface area contributed by atoms with Crippen LogP contribution in [0.15, 0.2) is 24.8 Å². The van der Waals surface area contributed by atoms with Crippen LogP contribution in [0.3, 0.4) is 0 Å². The molecule has 13 heavy (non-hydrogen) atoms. The van der Waals surface area contributed by atoms with Gasteiger partial charge in [0, 0.05) is 5.92 Å². The van der Waals surface area contributed by atoms with Crippen LogP contribution < -0.4 is 0 Å². The first kappa shape index (κ1) is 10.5. The van der Waals surface area contributed by atoms with E-state index in [2.05, 4.69) is 20.1 Å². The highest BCUT2D eigenvalue weighted by atomic mass is 16.3. The Hall–Kier alpha value is -0.560. The van der Waals surface area contributed by atoms with Gasteiger partial charge in [-0.1, -0.05) is 25.2 Å². The fraction of sp³-hybridized carbons (Fsp3) is 0.667. The summed E-state index contributed by atoms with van der Waals surface area (Å²) in [4.78, 5) is 0. The van der Waals surface area contributed by atoms with Gasteiger partial charge in [0.05, 0.1) is 6.10 Å². The SMILES string of the molecule is C=CC1C(C(=C)C)CCC(C)C1O. The molecule has 0 radical (unpaired) electrons. The van der Waals surface area contributed by atoms with Gasteiger partial charge in [0.1, 0.15) is 0 Å². The number of allylic oxidation sites excluding steroid dienone is 1. The molecule has 1 heteroatoms. The predicted octanol–water partition coefficient (Wildman–Crippen LogP) is 2.77. The average molecular weight is 180 g/mol. The van der Waals surface area contributed by atoms with Gasteiger partial charge in [0.15, 0.2) is 0 Å². The molecule has 1 fully saturated rings. The largest absolute Gasteiger partial charge is 0.392 e. The van der Waals surface area contributed by atoms with Crippen LogP contribution in [0.25, 0.3) is 0 Å². The summed E-state index contributed by atoms with van der Waals surface area (Å²) in [7, 11) is 0. The highest BCUT2D eigenvalue weighted by molar-refractivity contribution is 5.08. The molecule has 0 aromatic heterocycles. The molecular weight excluding hydrogens is 160 g/mol. The highest BCUT2D eigenvalue weighted by Crippen LogP contribution is 2.37. The Morgan fingerprint density at radius 2 is 2.08 bits per heavy atom. The molecule has 4 atom stereocenters. The molecule has 1 N–H and O–H groups in total. The molecule has 0 amide bonds. The van der Waals surface area contributed by atoms with E-state index in [0.717, 1.165) is 12.8 Å². The van der Waals surface area contributed by atoms with Gasteiger partial charge in [-0.25, -0.2) is 0 Å². The normalized spacial score (nSPS) is 39.9. The van der Waals surface area contributed by atoms with E-state index in [1.54, 1.807) is 0 Å². The minimum atomic E-state index is -0.229.